The molecule has 1 aromatic heterocycles. The third kappa shape index (κ3) is 21.3. The van der Waals surface area contributed by atoms with Crippen LogP contribution in [0.1, 0.15) is 198 Å². The van der Waals surface area contributed by atoms with Gasteiger partial charge in [-0.05, 0) is 167 Å². The van der Waals surface area contributed by atoms with Crippen molar-refractivity contribution in [3.05, 3.63) is 76.8 Å². The van der Waals surface area contributed by atoms with Crippen molar-refractivity contribution in [2.24, 2.45) is 17.3 Å². The molecule has 5 rings (SSSR count). The number of benzene rings is 2. The fourth-order valence-corrected chi connectivity index (χ4v) is 17.1. The molecule has 21 heteroatoms. The highest BCUT2D eigenvalue weighted by Gasteiger charge is 2.59. The molecule has 1 fully saturated rings. The number of esters is 2. The van der Waals surface area contributed by atoms with E-state index in [0.29, 0.717) is 18.4 Å². The lowest BCUT2D eigenvalue weighted by atomic mass is 9.70. The molecule has 10 atom stereocenters. The number of unbranched alkanes of at least 4 members (excludes halogenated alkanes) is 2. The summed E-state index contributed by atoms with van der Waals surface area (Å²) in [4.78, 5) is 64.5. The van der Waals surface area contributed by atoms with E-state index in [1.807, 2.05) is 25.1 Å². The van der Waals surface area contributed by atoms with E-state index in [9.17, 15) is 14.4 Å². The second kappa shape index (κ2) is 32.5. The van der Waals surface area contributed by atoms with Crippen LogP contribution in [0.15, 0.2) is 60.7 Å². The number of Topliss-reactive ketones (excluding diaryl/α,β-unsaturated/α-hetero) is 1. The van der Waals surface area contributed by atoms with Crippen molar-refractivity contribution < 1.29 is 70.0 Å². The van der Waals surface area contributed by atoms with Gasteiger partial charge in [0.1, 0.15) is 49.5 Å². The first-order chi connectivity index (χ1) is 43.6. The van der Waals surface area contributed by atoms with Gasteiger partial charge in [0.2, 0.25) is 6.29 Å². The zero-order valence-electron chi connectivity index (χ0n) is 63.4. The minimum absolute atomic E-state index is 0.00767. The fraction of sp³-hybridized carbons (Fsp3) is 0.716. The zero-order chi connectivity index (χ0) is 71.8. The Bertz CT molecular complexity index is 3110. The summed E-state index contributed by atoms with van der Waals surface area (Å²) >= 11 is 1.60. The van der Waals surface area contributed by atoms with Gasteiger partial charge < -0.3 is 50.9 Å². The highest BCUT2D eigenvalue weighted by atomic mass is 32.1. The van der Waals surface area contributed by atoms with Gasteiger partial charge in [0.15, 0.2) is 50.9 Å². The summed E-state index contributed by atoms with van der Waals surface area (Å²) in [6, 6.07) is 11.1. The molecule has 536 valence electrons. The second-order valence-corrected chi connectivity index (χ2v) is 53.7. The smallest absolute Gasteiger partial charge is 0.493 e. The van der Waals surface area contributed by atoms with Crippen LogP contribution in [0.4, 0.5) is 4.79 Å². The lowest BCUT2D eigenvalue weighted by molar-refractivity contribution is -0.263. The van der Waals surface area contributed by atoms with Crippen molar-refractivity contribution in [2.75, 3.05) is 13.7 Å². The molecule has 0 aliphatic carbocycles. The van der Waals surface area contributed by atoms with Crippen molar-refractivity contribution in [3.8, 4) is 11.5 Å². The first-order valence-electron chi connectivity index (χ1n) is 34.7. The molecule has 0 saturated carbocycles. The number of allylic oxidation sites excluding steroid dienone is 1. The normalized spacial score (nSPS) is 24.5. The van der Waals surface area contributed by atoms with E-state index < -0.39 is 118 Å². The highest BCUT2D eigenvalue weighted by Crippen LogP contribution is 2.49. The molecule has 2 aliphatic rings. The minimum Gasteiger partial charge on any atom is -0.493 e. The Morgan fingerprint density at radius 2 is 1.32 bits per heavy atom. The summed E-state index contributed by atoms with van der Waals surface area (Å²) in [5, 5.41) is -0.0157. The van der Waals surface area contributed by atoms with Crippen LogP contribution < -0.4 is 9.47 Å². The molecular weight excluding hydrogens is 1290 g/mol. The van der Waals surface area contributed by atoms with E-state index in [2.05, 4.69) is 169 Å². The number of carbonyl (C=O) groups is 4. The largest absolute Gasteiger partial charge is 0.508 e. The number of carbonyl (C=O) groups excluding carboxylic acids is 4. The van der Waals surface area contributed by atoms with Gasteiger partial charge in [-0.15, -0.1) is 11.3 Å². The second-order valence-electron chi connectivity index (χ2n) is 33.4. The molecule has 0 N–H and O–H groups in total. The summed E-state index contributed by atoms with van der Waals surface area (Å²) < 4.78 is 75.2. The summed E-state index contributed by atoms with van der Waals surface area (Å²) in [7, 11) is -9.09. The lowest BCUT2D eigenvalue weighted by Crippen LogP contribution is -2.69. The van der Waals surface area contributed by atoms with E-state index in [1.54, 1.807) is 43.4 Å². The van der Waals surface area contributed by atoms with Crippen LogP contribution in [0.2, 0.25) is 72.5 Å². The molecule has 1 saturated heterocycles. The molecule has 0 bridgehead atoms. The summed E-state index contributed by atoms with van der Waals surface area (Å²) in [5.74, 6) is -1.50. The maximum atomic E-state index is 15.9. The average Bonchev–Trinajstić information content (AvgIpc) is 1.21. The van der Waals surface area contributed by atoms with Gasteiger partial charge in [-0.25, -0.2) is 14.6 Å². The quantitative estimate of drug-likeness (QED) is 0.0304. The molecule has 0 spiro atoms. The number of ether oxygens (including phenoxy) is 7. The number of hydrogen-bond donors (Lipinski definition) is 0. The summed E-state index contributed by atoms with van der Waals surface area (Å²) in [6.45, 7) is 58.9. The molecule has 2 aliphatic heterocycles. The number of thiazole rings is 1. The monoisotopic (exact) mass is 1410 g/mol. The molecule has 0 unspecified atom stereocenters. The number of fused-ring (bicyclic) bond motifs is 1. The zero-order valence-corrected chi connectivity index (χ0v) is 68.2. The number of aromatic nitrogens is 1. The van der Waals surface area contributed by atoms with Gasteiger partial charge in [-0.2, -0.15) is 0 Å². The number of nitrogens with zero attached hydrogens (tertiary/aromatic N) is 1. The Kier molecular flexibility index (Phi) is 27.9. The predicted molar refractivity (Wildman–Crippen MR) is 392 cm³/mol. The first-order valence-corrected chi connectivity index (χ1v) is 47.1. The fourth-order valence-electron chi connectivity index (χ4n) is 11.0. The van der Waals surface area contributed by atoms with Crippen molar-refractivity contribution in [3.63, 3.8) is 0 Å². The maximum absolute atomic E-state index is 15.9. The standard InChI is InChI=1S/C74H123NO15SSi4/c1-29-31-32-36-53-61(87-92(21,22)70(6,7)8)49(4)35-33-34-48(3)37-40-55(52-39-42-58-54(45-52)75-50(5)91-58)83-60(76)46-59(74(18,19)66(53)77)85-69(79)82-47-51-38-41-56(57(44-51)80-20)84-68-65(90-95(27,28)73(15,16)17)63(89-94(25,26)72(12,13)14)62(88-93(23,24)71(9,10)11)64(86-68)67(78)81-43-30-2/h30,37-39,41-42,44-45,49,53,55,59,61-65,68H,2,29,31-36,40,43,46-47H2,1,3-28H3/t49-,53+,55-,59-,61-,62+,63-,64-,65+,68+/m0/s1. The molecule has 0 amide bonds. The molecule has 95 heavy (non-hydrogen) atoms. The maximum Gasteiger partial charge on any atom is 0.508 e. The van der Waals surface area contributed by atoms with E-state index in [4.69, 9.17) is 55.8 Å². The number of hydrogen-bond acceptors (Lipinski definition) is 17. The number of rotatable bonds is 22. The van der Waals surface area contributed by atoms with Crippen LogP contribution in [0.25, 0.3) is 10.2 Å². The number of cyclic esters (lactones) is 1. The van der Waals surface area contributed by atoms with Gasteiger partial charge in [0, 0.05) is 12.3 Å². The molecular formula is C74H123NO15SSi4. The lowest BCUT2D eigenvalue weighted by Gasteiger charge is -2.53. The topological polar surface area (TPSA) is 183 Å². The van der Waals surface area contributed by atoms with Crippen LogP contribution >= 0.6 is 11.3 Å². The SMILES string of the molecule is C=CCOC(=O)[C@H]1O[C@@H](Oc2ccc(COC(=O)O[C@H]3CC(=O)O[C@H](c4ccc5sc(C)nc5c4)CC=C(C)CCC[C@H](C)[C@H](O[Si](C)(C)C(C)(C)C)[C@@H](CCCCC)C(=O)C3(C)C)cc2OC)[C@H](O[Si](C)(C)C(C)(C)C)[C@@H](O[Si](C)(C)C(C)(C)C)[C@H]1O[Si](C)(C)C(C)(C)C. The number of methoxy groups -OCH3 is 1. The minimum atomic E-state index is -2.72. The third-order valence-corrected chi connectivity index (χ3v) is 40.2. The van der Waals surface area contributed by atoms with Crippen molar-refractivity contribution >= 4 is 78.7 Å². The van der Waals surface area contributed by atoms with Gasteiger partial charge in [-0.3, -0.25) is 9.59 Å². The van der Waals surface area contributed by atoms with Gasteiger partial charge in [-0.1, -0.05) is 153 Å². The Balaban J connectivity index is 1.58. The van der Waals surface area contributed by atoms with Crippen molar-refractivity contribution in [1.29, 1.82) is 0 Å². The van der Waals surface area contributed by atoms with E-state index in [1.165, 1.54) is 18.8 Å². The van der Waals surface area contributed by atoms with E-state index in [-0.39, 0.29) is 56.6 Å². The molecule has 16 nitrogen and oxygen atoms in total. The molecule has 2 aromatic carbocycles. The first kappa shape index (κ1) is 81.6. The van der Waals surface area contributed by atoms with Gasteiger partial charge in [0.25, 0.3) is 0 Å². The molecule has 3 aromatic rings. The third-order valence-electron chi connectivity index (χ3n) is 21.4. The summed E-state index contributed by atoms with van der Waals surface area (Å²) in [6.07, 6.45) is 0.602. The van der Waals surface area contributed by atoms with Crippen LogP contribution in [0, 0.1) is 24.2 Å². The van der Waals surface area contributed by atoms with Crippen LogP contribution in [0.3, 0.4) is 0 Å². The van der Waals surface area contributed by atoms with Crippen molar-refractivity contribution in [1.82, 2.24) is 4.98 Å². The van der Waals surface area contributed by atoms with Crippen molar-refractivity contribution in [2.45, 2.75) is 311 Å². The van der Waals surface area contributed by atoms with Gasteiger partial charge >= 0.3 is 18.1 Å². The van der Waals surface area contributed by atoms with Gasteiger partial charge in [0.05, 0.1) is 40.3 Å². The van der Waals surface area contributed by atoms with Crippen LogP contribution in [-0.4, -0.2) is 119 Å². The highest BCUT2D eigenvalue weighted by molar-refractivity contribution is 7.18. The Morgan fingerprint density at radius 1 is 0.747 bits per heavy atom. The Hall–Kier alpha value is -4.04. The average molecular weight is 1410 g/mol. The Morgan fingerprint density at radius 3 is 1.87 bits per heavy atom. The van der Waals surface area contributed by atoms with Crippen LogP contribution in [0.5, 0.6) is 11.5 Å². The molecule has 3 heterocycles. The van der Waals surface area contributed by atoms with Crippen LogP contribution in [-0.2, 0) is 62.4 Å². The Labute approximate surface area is 580 Å². The van der Waals surface area contributed by atoms with E-state index >= 15 is 4.79 Å². The number of aryl methyl sites for hydroxylation is 1. The van der Waals surface area contributed by atoms with E-state index in [0.717, 1.165) is 59.3 Å². The molecule has 0 radical (unpaired) electrons. The summed E-state index contributed by atoms with van der Waals surface area (Å²) in [5.41, 5.74) is 1.84. The predicted octanol–water partition coefficient (Wildman–Crippen LogP) is 19.7. The number of ketones is 1.